The number of carboxylic acids is 1. The van der Waals surface area contributed by atoms with Gasteiger partial charge in [0.2, 0.25) is 0 Å². The molecule has 0 bridgehead atoms. The summed E-state index contributed by atoms with van der Waals surface area (Å²) >= 11 is 0. The molecule has 0 saturated carbocycles. The summed E-state index contributed by atoms with van der Waals surface area (Å²) in [4.78, 5) is 13.3. The van der Waals surface area contributed by atoms with E-state index in [9.17, 15) is 4.79 Å². The van der Waals surface area contributed by atoms with Crippen molar-refractivity contribution in [2.75, 3.05) is 6.54 Å². The van der Waals surface area contributed by atoms with E-state index in [1.54, 1.807) is 6.92 Å². The molecule has 16 heavy (non-hydrogen) atoms. The fourth-order valence-corrected chi connectivity index (χ4v) is 2.76. The van der Waals surface area contributed by atoms with Crippen LogP contribution in [0.5, 0.6) is 0 Å². The first-order valence-electron chi connectivity index (χ1n) is 6.02. The minimum Gasteiger partial charge on any atom is -0.480 e. The van der Waals surface area contributed by atoms with Gasteiger partial charge in [-0.15, -0.1) is 0 Å². The van der Waals surface area contributed by atoms with Crippen molar-refractivity contribution in [1.82, 2.24) is 4.90 Å². The molecule has 0 aromatic rings. The minimum absolute atomic E-state index is 0.228. The third-order valence-electron chi connectivity index (χ3n) is 3.61. The summed E-state index contributed by atoms with van der Waals surface area (Å²) in [5.74, 6) is -0.217. The number of hydrogen-bond acceptors (Lipinski definition) is 3. The van der Waals surface area contributed by atoms with Gasteiger partial charge in [0.05, 0.1) is 0 Å². The zero-order valence-electron chi connectivity index (χ0n) is 10.7. The summed E-state index contributed by atoms with van der Waals surface area (Å²) in [5, 5.41) is 9.01. The molecule has 1 aliphatic heterocycles. The van der Waals surface area contributed by atoms with Crippen molar-refractivity contribution in [3.8, 4) is 0 Å². The van der Waals surface area contributed by atoms with E-state index in [1.165, 1.54) is 6.42 Å². The highest BCUT2D eigenvalue weighted by molar-refractivity contribution is 5.77. The van der Waals surface area contributed by atoms with Gasteiger partial charge in [-0.2, -0.15) is 0 Å². The molecule has 3 N–H and O–H groups in total. The first kappa shape index (κ1) is 13.5. The summed E-state index contributed by atoms with van der Waals surface area (Å²) in [7, 11) is 0. The number of carboxylic acid groups (broad SMARTS) is 1. The lowest BCUT2D eigenvalue weighted by molar-refractivity contribution is -0.143. The number of aliphatic carboxylic acids is 1. The van der Waals surface area contributed by atoms with Crippen LogP contribution in [0.2, 0.25) is 0 Å². The fourth-order valence-electron chi connectivity index (χ4n) is 2.76. The van der Waals surface area contributed by atoms with Crippen molar-refractivity contribution in [1.29, 1.82) is 0 Å². The van der Waals surface area contributed by atoms with Gasteiger partial charge in [0.15, 0.2) is 0 Å². The van der Waals surface area contributed by atoms with Crippen LogP contribution in [-0.4, -0.2) is 40.1 Å². The molecule has 1 aliphatic rings. The Hall–Kier alpha value is -0.610. The molecule has 1 saturated heterocycles. The van der Waals surface area contributed by atoms with Crippen LogP contribution in [-0.2, 0) is 4.79 Å². The van der Waals surface area contributed by atoms with Crippen LogP contribution < -0.4 is 5.73 Å². The Balaban J connectivity index is 2.59. The van der Waals surface area contributed by atoms with Gasteiger partial charge in [-0.3, -0.25) is 9.69 Å². The number of carbonyl (C=O) groups is 1. The maximum absolute atomic E-state index is 11.0. The Morgan fingerprint density at radius 1 is 1.62 bits per heavy atom. The molecule has 0 amide bonds. The summed E-state index contributed by atoms with van der Waals surface area (Å²) < 4.78 is 0. The van der Waals surface area contributed by atoms with Gasteiger partial charge < -0.3 is 10.8 Å². The number of rotatable bonds is 4. The highest BCUT2D eigenvalue weighted by atomic mass is 16.4. The second-order valence-corrected chi connectivity index (χ2v) is 5.66. The predicted molar refractivity (Wildman–Crippen MR) is 64.3 cm³/mol. The molecule has 1 heterocycles. The largest absolute Gasteiger partial charge is 0.480 e. The molecule has 4 heteroatoms. The van der Waals surface area contributed by atoms with Crippen LogP contribution in [0.3, 0.4) is 0 Å². The van der Waals surface area contributed by atoms with Gasteiger partial charge >= 0.3 is 5.97 Å². The highest BCUT2D eigenvalue weighted by Gasteiger charge is 2.36. The predicted octanol–water partition coefficient (Wildman–Crippen LogP) is 1.30. The normalized spacial score (nSPS) is 32.3. The second-order valence-electron chi connectivity index (χ2n) is 5.66. The fraction of sp³-hybridized carbons (Fsp3) is 0.917. The number of likely N-dealkylation sites (tertiary alicyclic amines) is 1. The summed E-state index contributed by atoms with van der Waals surface area (Å²) in [6.45, 7) is 9.16. The zero-order valence-corrected chi connectivity index (χ0v) is 10.7. The van der Waals surface area contributed by atoms with E-state index >= 15 is 0 Å². The van der Waals surface area contributed by atoms with E-state index in [4.69, 9.17) is 10.8 Å². The van der Waals surface area contributed by atoms with E-state index in [0.29, 0.717) is 18.4 Å². The molecule has 4 atom stereocenters. The Morgan fingerprint density at radius 3 is 2.56 bits per heavy atom. The molecule has 94 valence electrons. The van der Waals surface area contributed by atoms with E-state index in [0.717, 1.165) is 6.54 Å². The lowest BCUT2D eigenvalue weighted by atomic mass is 9.94. The van der Waals surface area contributed by atoms with Crippen molar-refractivity contribution in [2.45, 2.75) is 58.2 Å². The van der Waals surface area contributed by atoms with E-state index in [1.807, 2.05) is 0 Å². The van der Waals surface area contributed by atoms with Crippen molar-refractivity contribution in [3.63, 3.8) is 0 Å². The molecule has 1 rings (SSSR count). The second kappa shape index (κ2) is 4.72. The molecule has 0 aliphatic carbocycles. The molecule has 0 radical (unpaired) electrons. The minimum atomic E-state index is -1.12. The maximum Gasteiger partial charge on any atom is 0.323 e. The van der Waals surface area contributed by atoms with Gasteiger partial charge in [-0.25, -0.2) is 0 Å². The number of hydrogen-bond donors (Lipinski definition) is 2. The van der Waals surface area contributed by atoms with Crippen molar-refractivity contribution >= 4 is 5.97 Å². The van der Waals surface area contributed by atoms with Gasteiger partial charge in [-0.05, 0) is 39.5 Å². The summed E-state index contributed by atoms with van der Waals surface area (Å²) in [5.41, 5.74) is 4.66. The standard InChI is InChI=1S/C12H24N2O2/c1-8-5-9(2)14(7-8)10(3)6-12(4,13)11(15)16/h8-10H,5-7,13H2,1-4H3,(H,15,16). The van der Waals surface area contributed by atoms with E-state index in [2.05, 4.69) is 25.7 Å². The lowest BCUT2D eigenvalue weighted by Crippen LogP contribution is -2.50. The summed E-state index contributed by atoms with van der Waals surface area (Å²) in [6, 6.07) is 0.764. The van der Waals surface area contributed by atoms with Crippen LogP contribution in [0.25, 0.3) is 0 Å². The third-order valence-corrected chi connectivity index (χ3v) is 3.61. The average molecular weight is 228 g/mol. The lowest BCUT2D eigenvalue weighted by Gasteiger charge is -2.33. The SMILES string of the molecule is CC1CC(C)N(C(C)CC(C)(N)C(=O)O)C1. The van der Waals surface area contributed by atoms with Gasteiger partial charge in [0.25, 0.3) is 0 Å². The number of nitrogens with zero attached hydrogens (tertiary/aromatic N) is 1. The van der Waals surface area contributed by atoms with Crippen molar-refractivity contribution in [2.24, 2.45) is 11.7 Å². The Labute approximate surface area is 97.8 Å². The summed E-state index contributed by atoms with van der Waals surface area (Å²) in [6.07, 6.45) is 1.69. The van der Waals surface area contributed by atoms with Crippen LogP contribution in [0.1, 0.15) is 40.5 Å². The van der Waals surface area contributed by atoms with Crippen molar-refractivity contribution < 1.29 is 9.90 Å². The van der Waals surface area contributed by atoms with Gasteiger partial charge in [0.1, 0.15) is 5.54 Å². The smallest absolute Gasteiger partial charge is 0.323 e. The quantitative estimate of drug-likeness (QED) is 0.761. The Bertz CT molecular complexity index is 266. The zero-order chi connectivity index (χ0) is 12.5. The van der Waals surface area contributed by atoms with Gasteiger partial charge in [-0.1, -0.05) is 6.92 Å². The molecule has 4 unspecified atom stereocenters. The molecular weight excluding hydrogens is 204 g/mol. The van der Waals surface area contributed by atoms with Crippen LogP contribution in [0.15, 0.2) is 0 Å². The third kappa shape index (κ3) is 2.95. The molecule has 0 aromatic heterocycles. The molecule has 0 spiro atoms. The van der Waals surface area contributed by atoms with Crippen LogP contribution in [0.4, 0.5) is 0 Å². The van der Waals surface area contributed by atoms with E-state index in [-0.39, 0.29) is 6.04 Å². The van der Waals surface area contributed by atoms with Crippen LogP contribution >= 0.6 is 0 Å². The number of nitrogens with two attached hydrogens (primary N) is 1. The first-order chi connectivity index (χ1) is 7.24. The Kier molecular flexibility index (Phi) is 3.97. The van der Waals surface area contributed by atoms with Crippen molar-refractivity contribution in [3.05, 3.63) is 0 Å². The van der Waals surface area contributed by atoms with Gasteiger partial charge in [0, 0.05) is 18.6 Å². The monoisotopic (exact) mass is 228 g/mol. The average Bonchev–Trinajstić information content (AvgIpc) is 2.44. The molecule has 0 aromatic carbocycles. The maximum atomic E-state index is 11.0. The molecule has 1 fully saturated rings. The first-order valence-corrected chi connectivity index (χ1v) is 6.02. The van der Waals surface area contributed by atoms with Crippen LogP contribution in [0, 0.1) is 5.92 Å². The molecular formula is C12H24N2O2. The Morgan fingerprint density at radius 2 is 2.19 bits per heavy atom. The van der Waals surface area contributed by atoms with E-state index < -0.39 is 11.5 Å². The molecule has 4 nitrogen and oxygen atoms in total. The highest BCUT2D eigenvalue weighted by Crippen LogP contribution is 2.27. The topological polar surface area (TPSA) is 66.6 Å².